The molecule has 0 amide bonds. The van der Waals surface area contributed by atoms with E-state index in [0.717, 1.165) is 31.8 Å². The fourth-order valence-corrected chi connectivity index (χ4v) is 1.46. The van der Waals surface area contributed by atoms with E-state index in [1.807, 2.05) is 0 Å². The fourth-order valence-electron chi connectivity index (χ4n) is 0.0745. The minimum absolute atomic E-state index is 0.902. The third-order valence-corrected chi connectivity index (χ3v) is 2.72. The van der Waals surface area contributed by atoms with Crippen molar-refractivity contribution in [1.82, 2.24) is 0 Å². The molecule has 0 radical (unpaired) electrons. The average molecular weight is 370 g/mol. The molecule has 0 atom stereocenters. The van der Waals surface area contributed by atoms with Gasteiger partial charge in [-0.25, -0.2) is 23.7 Å². The van der Waals surface area contributed by atoms with Crippen molar-refractivity contribution in [3.8, 4) is 0 Å². The summed E-state index contributed by atoms with van der Waals surface area (Å²) in [5.41, 5.74) is 0. The van der Waals surface area contributed by atoms with Gasteiger partial charge in [-0.2, -0.15) is 0 Å². The second kappa shape index (κ2) is 15.9. The number of isocyanates is 2. The first kappa shape index (κ1) is 23.9. The van der Waals surface area contributed by atoms with Crippen molar-refractivity contribution in [3.05, 3.63) is 0 Å². The number of hydrogen-bond acceptors (Lipinski definition) is 10. The van der Waals surface area contributed by atoms with E-state index in [-0.39, 0.29) is 0 Å². The zero-order valence-electron chi connectivity index (χ0n) is 8.77. The second-order valence-corrected chi connectivity index (χ2v) is 5.94. The van der Waals surface area contributed by atoms with Gasteiger partial charge in [-0.05, 0) is 0 Å². The maximum absolute atomic E-state index is 10.4. The number of carboxylic acid groups (broad SMARTS) is 2. The molecule has 16 heteroatoms. The van der Waals surface area contributed by atoms with E-state index in [1.165, 1.54) is 12.2 Å². The predicted octanol–water partition coefficient (Wildman–Crippen LogP) is 0.722. The summed E-state index contributed by atoms with van der Waals surface area (Å²) in [7, 11) is -2.26. The molecule has 0 saturated carbocycles. The van der Waals surface area contributed by atoms with Crippen LogP contribution in [0.15, 0.2) is 8.80 Å². The minimum atomic E-state index is -5.14. The van der Waals surface area contributed by atoms with Crippen LogP contribution >= 0.6 is 39.7 Å². The molecule has 0 aliphatic carbocycles. The van der Waals surface area contributed by atoms with Crippen LogP contribution in [-0.4, -0.2) is 44.1 Å². The maximum Gasteiger partial charge on any atom is 0.507 e. The summed E-state index contributed by atoms with van der Waals surface area (Å²) >= 11 is 0. The Morgan fingerprint density at radius 2 is 1.25 bits per heavy atom. The van der Waals surface area contributed by atoms with Crippen LogP contribution in [0.2, 0.25) is 0 Å². The summed E-state index contributed by atoms with van der Waals surface area (Å²) in [4.78, 5) is 50.9. The second-order valence-electron chi connectivity index (χ2n) is 1.67. The zero-order chi connectivity index (χ0) is 16.6. The lowest BCUT2D eigenvalue weighted by molar-refractivity contribution is -0.159. The van der Waals surface area contributed by atoms with Crippen LogP contribution in [0.25, 0.3) is 0 Å². The van der Waals surface area contributed by atoms with Gasteiger partial charge in [-0.15, -0.1) is 13.0 Å². The summed E-state index contributed by atoms with van der Waals surface area (Å²) in [5, 5.41) is 14.8. The third kappa shape index (κ3) is 54.1. The Labute approximate surface area is 121 Å². The van der Waals surface area contributed by atoms with Crippen molar-refractivity contribution in [2.45, 2.75) is 0 Å². The normalized spacial score (nSPS) is 8.35. The quantitative estimate of drug-likeness (QED) is 0.103. The minimum Gasteiger partial charge on any atom is -0.473 e. The summed E-state index contributed by atoms with van der Waals surface area (Å²) in [6.45, 7) is 0. The zero-order valence-corrected chi connectivity index (χ0v) is 12.1. The Kier molecular flexibility index (Phi) is 19.0. The summed E-state index contributed by atoms with van der Waals surface area (Å²) in [6, 6.07) is 0. The molecule has 0 fully saturated rings. The highest BCUT2D eigenvalue weighted by atomic mass is 33.5. The number of halogens is 1. The van der Waals surface area contributed by atoms with Crippen molar-refractivity contribution < 1.29 is 47.9 Å². The Balaban J connectivity index is -0.000000230. The SMILES string of the molecule is O=C(O)C(=O)O.O=C=NSSSN=C=O.O=P(O)(O)F. The number of carboxylic acids is 2. The van der Waals surface area contributed by atoms with Gasteiger partial charge in [-0.3, -0.25) is 9.79 Å². The van der Waals surface area contributed by atoms with Gasteiger partial charge in [0, 0.05) is 9.83 Å². The predicted molar refractivity (Wildman–Crippen MR) is 67.4 cm³/mol. The van der Waals surface area contributed by atoms with Crippen molar-refractivity contribution in [3.63, 3.8) is 0 Å². The molecule has 0 rings (SSSR count). The van der Waals surface area contributed by atoms with Crippen LogP contribution in [0.1, 0.15) is 0 Å². The number of carbonyl (C=O) groups excluding carboxylic acids is 2. The number of aliphatic carboxylic acids is 2. The molecule has 20 heavy (non-hydrogen) atoms. The first-order valence-corrected chi connectivity index (χ1v) is 8.31. The molecule has 0 spiro atoms. The summed E-state index contributed by atoms with van der Waals surface area (Å²) < 4.78 is 25.2. The molecule has 0 bridgehead atoms. The number of hydrogen-bond donors (Lipinski definition) is 4. The number of nitrogens with zero attached hydrogens (tertiary/aromatic N) is 2. The molecule has 0 aromatic rings. The van der Waals surface area contributed by atoms with Gasteiger partial charge in [0.2, 0.25) is 12.2 Å². The van der Waals surface area contributed by atoms with Gasteiger partial charge < -0.3 is 10.2 Å². The molecule has 0 unspecified atom stereocenters. The van der Waals surface area contributed by atoms with E-state index < -0.39 is 19.8 Å². The van der Waals surface area contributed by atoms with Gasteiger partial charge in [-0.1, -0.05) is 0 Å². The van der Waals surface area contributed by atoms with E-state index in [0.29, 0.717) is 0 Å². The number of carbonyl (C=O) groups is 2. The van der Waals surface area contributed by atoms with Crippen LogP contribution in [0, 0.1) is 0 Å². The first-order valence-electron chi connectivity index (χ1n) is 3.41. The lowest BCUT2D eigenvalue weighted by Crippen LogP contribution is -2.09. The highest BCUT2D eigenvalue weighted by Crippen LogP contribution is 2.35. The van der Waals surface area contributed by atoms with Gasteiger partial charge >= 0.3 is 19.8 Å². The highest BCUT2D eigenvalue weighted by molar-refractivity contribution is 9.08. The van der Waals surface area contributed by atoms with E-state index in [1.54, 1.807) is 0 Å². The van der Waals surface area contributed by atoms with Crippen molar-refractivity contribution >= 4 is 63.8 Å². The Bertz CT molecular complexity index is 404. The van der Waals surface area contributed by atoms with Crippen LogP contribution in [0.4, 0.5) is 4.20 Å². The van der Waals surface area contributed by atoms with E-state index in [4.69, 9.17) is 34.2 Å². The average Bonchev–Trinajstić information content (AvgIpc) is 2.27. The van der Waals surface area contributed by atoms with Crippen molar-refractivity contribution in [1.29, 1.82) is 0 Å². The third-order valence-electron chi connectivity index (χ3n) is 0.393. The van der Waals surface area contributed by atoms with Gasteiger partial charge in [0.25, 0.3) is 0 Å². The highest BCUT2D eigenvalue weighted by Gasteiger charge is 2.05. The van der Waals surface area contributed by atoms with E-state index in [2.05, 4.69) is 8.80 Å². The van der Waals surface area contributed by atoms with Crippen LogP contribution < -0.4 is 0 Å². The topological polar surface area (TPSA) is 191 Å². The van der Waals surface area contributed by atoms with E-state index in [9.17, 15) is 13.8 Å². The Hall–Kier alpha value is -1.17. The molecule has 0 saturated heterocycles. The van der Waals surface area contributed by atoms with Gasteiger partial charge in [0.15, 0.2) is 0 Å². The lowest BCUT2D eigenvalue weighted by Gasteiger charge is -1.77. The van der Waals surface area contributed by atoms with Gasteiger partial charge in [0.05, 0.1) is 22.0 Å². The van der Waals surface area contributed by atoms with E-state index >= 15 is 0 Å². The molecule has 0 aliphatic rings. The Morgan fingerprint density at radius 1 is 1.00 bits per heavy atom. The molecular formula is C4H4FN2O9PS3. The molecule has 11 nitrogen and oxygen atoms in total. The molecule has 114 valence electrons. The monoisotopic (exact) mass is 370 g/mol. The molecule has 0 heterocycles. The largest absolute Gasteiger partial charge is 0.507 e. The molecule has 0 aliphatic heterocycles. The van der Waals surface area contributed by atoms with Crippen molar-refractivity contribution in [2.75, 3.05) is 0 Å². The molecule has 4 N–H and O–H groups in total. The molecular weight excluding hydrogens is 366 g/mol. The Morgan fingerprint density at radius 3 is 1.40 bits per heavy atom. The van der Waals surface area contributed by atoms with Crippen molar-refractivity contribution in [2.24, 2.45) is 8.80 Å². The van der Waals surface area contributed by atoms with Crippen LogP contribution in [-0.2, 0) is 23.7 Å². The van der Waals surface area contributed by atoms with Crippen LogP contribution in [0.3, 0.4) is 0 Å². The molecule has 0 aromatic carbocycles. The van der Waals surface area contributed by atoms with Crippen LogP contribution in [0.5, 0.6) is 0 Å². The van der Waals surface area contributed by atoms with Gasteiger partial charge in [0.1, 0.15) is 0 Å². The summed E-state index contributed by atoms with van der Waals surface area (Å²) in [6.07, 6.45) is 2.62. The molecule has 0 aromatic heterocycles. The fraction of sp³-hybridized carbons (Fsp3) is 0. The lowest BCUT2D eigenvalue weighted by atomic mass is 10.7. The first-order chi connectivity index (χ1) is 9.06. The standard InChI is InChI=1S/C2N2O2S3.C2H2O4.FH2O3P/c5-1-3-7-9-8-4-2-6;3-1(4)2(5)6;1-5(2,3)4/h;(H,3,4)(H,5,6);(H2,2,3,4). The number of rotatable bonds is 4. The smallest absolute Gasteiger partial charge is 0.473 e. The summed E-state index contributed by atoms with van der Waals surface area (Å²) in [5.74, 6) is -3.65. The maximum atomic E-state index is 10.4.